The quantitative estimate of drug-likeness (QED) is 0.609. The maximum absolute atomic E-state index is 11.5. The zero-order chi connectivity index (χ0) is 13.0. The molecule has 0 aromatic carbocycles. The smallest absolute Gasteiger partial charge is 0.342 e. The Balaban J connectivity index is 2.98. The molecule has 0 radical (unpaired) electrons. The van der Waals surface area contributed by atoms with Crippen LogP contribution in [0, 0.1) is 5.92 Å². The Morgan fingerprint density at radius 1 is 1.53 bits per heavy atom. The fourth-order valence-electron chi connectivity index (χ4n) is 1.33. The van der Waals surface area contributed by atoms with E-state index in [1.807, 2.05) is 4.98 Å². The summed E-state index contributed by atoms with van der Waals surface area (Å²) in [6.07, 6.45) is 0. The molecule has 0 amide bonds. The Morgan fingerprint density at radius 2 is 2.18 bits per heavy atom. The molecule has 1 atom stereocenters. The van der Waals surface area contributed by atoms with E-state index in [9.17, 15) is 14.4 Å². The second kappa shape index (κ2) is 5.28. The average Bonchev–Trinajstić information content (AvgIpc) is 2.26. The number of aromatic amines is 2. The van der Waals surface area contributed by atoms with Crippen LogP contribution in [0.3, 0.4) is 0 Å². The lowest BCUT2D eigenvalue weighted by Crippen LogP contribution is -2.38. The first-order chi connectivity index (χ1) is 7.95. The van der Waals surface area contributed by atoms with Crippen molar-refractivity contribution < 1.29 is 9.90 Å². The molecule has 1 aromatic rings. The average molecular weight is 242 g/mol. The van der Waals surface area contributed by atoms with E-state index in [1.165, 1.54) is 11.8 Å². The molecule has 0 aliphatic heterocycles. The maximum Gasteiger partial charge on any atom is 0.342 e. The van der Waals surface area contributed by atoms with Crippen LogP contribution in [0.2, 0.25) is 0 Å². The van der Waals surface area contributed by atoms with Crippen LogP contribution in [-0.2, 0) is 4.79 Å². The van der Waals surface area contributed by atoms with E-state index in [4.69, 9.17) is 5.11 Å². The molecule has 0 saturated heterocycles. The van der Waals surface area contributed by atoms with Crippen molar-refractivity contribution in [2.75, 3.05) is 18.0 Å². The molecular formula is C9H14N4O4. The van der Waals surface area contributed by atoms with Gasteiger partial charge >= 0.3 is 11.7 Å². The highest BCUT2D eigenvalue weighted by Crippen LogP contribution is 2.05. The van der Waals surface area contributed by atoms with Crippen molar-refractivity contribution in [2.24, 2.45) is 5.92 Å². The third-order valence-electron chi connectivity index (χ3n) is 2.29. The highest BCUT2D eigenvalue weighted by Gasteiger charge is 2.18. The predicted octanol–water partition coefficient (Wildman–Crippen LogP) is -0.995. The van der Waals surface area contributed by atoms with Gasteiger partial charge in [-0.25, -0.2) is 9.89 Å². The lowest BCUT2D eigenvalue weighted by molar-refractivity contribution is -0.140. The number of H-pyrrole nitrogens is 2. The van der Waals surface area contributed by atoms with E-state index in [2.05, 4.69) is 10.2 Å². The molecule has 0 fully saturated rings. The lowest BCUT2D eigenvalue weighted by atomic mass is 10.2. The number of nitrogens with one attached hydrogen (secondary N) is 2. The third kappa shape index (κ3) is 3.16. The summed E-state index contributed by atoms with van der Waals surface area (Å²) in [5, 5.41) is 14.5. The van der Waals surface area contributed by atoms with Crippen molar-refractivity contribution in [3.8, 4) is 0 Å². The summed E-state index contributed by atoms with van der Waals surface area (Å²) in [6, 6.07) is 0. The number of anilines is 1. The number of aromatic nitrogens is 3. The SMILES string of the molecule is CCN(CC(C)C(=O)O)c1n[nH]c(=O)[nH]c1=O. The standard InChI is InChI=1S/C9H14N4O4/c1-3-13(4-5(2)8(15)16)6-7(14)10-9(17)12-11-6/h5H,3-4H2,1-2H3,(H,15,16)(H2,10,12,14,17). The van der Waals surface area contributed by atoms with Gasteiger partial charge in [-0.15, -0.1) is 5.10 Å². The molecule has 0 spiro atoms. The molecule has 1 unspecified atom stereocenters. The summed E-state index contributed by atoms with van der Waals surface area (Å²) in [5.74, 6) is -1.58. The van der Waals surface area contributed by atoms with Crippen molar-refractivity contribution in [3.63, 3.8) is 0 Å². The molecule has 17 heavy (non-hydrogen) atoms. The van der Waals surface area contributed by atoms with Crippen molar-refractivity contribution >= 4 is 11.8 Å². The number of carbonyl (C=O) groups is 1. The summed E-state index contributed by atoms with van der Waals surface area (Å²) in [7, 11) is 0. The number of hydrogen-bond acceptors (Lipinski definition) is 5. The van der Waals surface area contributed by atoms with Crippen LogP contribution in [0.4, 0.5) is 5.82 Å². The van der Waals surface area contributed by atoms with E-state index in [1.54, 1.807) is 6.92 Å². The van der Waals surface area contributed by atoms with Crippen LogP contribution in [-0.4, -0.2) is 39.3 Å². The Bertz CT molecular complexity index is 506. The molecule has 3 N–H and O–H groups in total. The van der Waals surface area contributed by atoms with Crippen LogP contribution in [0.25, 0.3) is 0 Å². The molecule has 8 nitrogen and oxygen atoms in total. The summed E-state index contributed by atoms with van der Waals surface area (Å²) in [4.78, 5) is 36.5. The Kier molecular flexibility index (Phi) is 4.02. The van der Waals surface area contributed by atoms with Gasteiger partial charge < -0.3 is 10.0 Å². The molecule has 1 heterocycles. The Labute approximate surface area is 96.3 Å². The summed E-state index contributed by atoms with van der Waals surface area (Å²) >= 11 is 0. The van der Waals surface area contributed by atoms with E-state index in [0.717, 1.165) is 0 Å². The number of hydrogen-bond donors (Lipinski definition) is 3. The number of aliphatic carboxylic acids is 1. The van der Waals surface area contributed by atoms with Gasteiger partial charge in [0.1, 0.15) is 0 Å². The van der Waals surface area contributed by atoms with E-state index < -0.39 is 23.1 Å². The van der Waals surface area contributed by atoms with Crippen molar-refractivity contribution in [1.29, 1.82) is 0 Å². The van der Waals surface area contributed by atoms with Crippen LogP contribution in [0.1, 0.15) is 13.8 Å². The normalized spacial score (nSPS) is 12.1. The first-order valence-electron chi connectivity index (χ1n) is 5.12. The van der Waals surface area contributed by atoms with E-state index in [-0.39, 0.29) is 12.4 Å². The molecular weight excluding hydrogens is 228 g/mol. The fourth-order valence-corrected chi connectivity index (χ4v) is 1.33. The van der Waals surface area contributed by atoms with Crippen LogP contribution in [0.15, 0.2) is 9.59 Å². The zero-order valence-corrected chi connectivity index (χ0v) is 9.56. The van der Waals surface area contributed by atoms with Crippen LogP contribution >= 0.6 is 0 Å². The molecule has 0 saturated carbocycles. The van der Waals surface area contributed by atoms with Gasteiger partial charge in [0.15, 0.2) is 0 Å². The highest BCUT2D eigenvalue weighted by atomic mass is 16.4. The first kappa shape index (κ1) is 12.9. The van der Waals surface area contributed by atoms with Gasteiger partial charge in [-0.2, -0.15) is 0 Å². The van der Waals surface area contributed by atoms with E-state index >= 15 is 0 Å². The number of rotatable bonds is 5. The third-order valence-corrected chi connectivity index (χ3v) is 2.29. The van der Waals surface area contributed by atoms with Gasteiger partial charge in [0.2, 0.25) is 5.82 Å². The lowest BCUT2D eigenvalue weighted by Gasteiger charge is -2.22. The van der Waals surface area contributed by atoms with Crippen LogP contribution < -0.4 is 16.1 Å². The molecule has 8 heteroatoms. The summed E-state index contributed by atoms with van der Waals surface area (Å²) < 4.78 is 0. The first-order valence-corrected chi connectivity index (χ1v) is 5.12. The van der Waals surface area contributed by atoms with Crippen LogP contribution in [0.5, 0.6) is 0 Å². The molecule has 1 rings (SSSR count). The number of carboxylic acid groups (broad SMARTS) is 1. The summed E-state index contributed by atoms with van der Waals surface area (Å²) in [6.45, 7) is 3.86. The molecule has 1 aromatic heterocycles. The minimum atomic E-state index is -0.954. The number of carboxylic acids is 1. The molecule has 0 aliphatic rings. The minimum Gasteiger partial charge on any atom is -0.481 e. The summed E-state index contributed by atoms with van der Waals surface area (Å²) in [5.41, 5.74) is -1.32. The van der Waals surface area contributed by atoms with E-state index in [0.29, 0.717) is 6.54 Å². The highest BCUT2D eigenvalue weighted by molar-refractivity contribution is 5.70. The predicted molar refractivity (Wildman–Crippen MR) is 60.2 cm³/mol. The molecule has 94 valence electrons. The fraction of sp³-hybridized carbons (Fsp3) is 0.556. The van der Waals surface area contributed by atoms with Gasteiger partial charge in [-0.3, -0.25) is 14.6 Å². The van der Waals surface area contributed by atoms with Crippen molar-refractivity contribution in [2.45, 2.75) is 13.8 Å². The van der Waals surface area contributed by atoms with Crippen molar-refractivity contribution in [1.82, 2.24) is 15.2 Å². The van der Waals surface area contributed by atoms with Gasteiger partial charge in [0.05, 0.1) is 5.92 Å². The Morgan fingerprint density at radius 3 is 2.65 bits per heavy atom. The molecule has 0 bridgehead atoms. The largest absolute Gasteiger partial charge is 0.481 e. The second-order valence-corrected chi connectivity index (χ2v) is 3.61. The van der Waals surface area contributed by atoms with Crippen molar-refractivity contribution in [3.05, 3.63) is 20.8 Å². The number of nitrogens with zero attached hydrogens (tertiary/aromatic N) is 2. The Hall–Kier alpha value is -2.12. The monoisotopic (exact) mass is 242 g/mol. The minimum absolute atomic E-state index is 0.0141. The van der Waals surface area contributed by atoms with Gasteiger partial charge in [0, 0.05) is 13.1 Å². The van der Waals surface area contributed by atoms with Gasteiger partial charge in [-0.1, -0.05) is 6.92 Å². The second-order valence-electron chi connectivity index (χ2n) is 3.61. The van der Waals surface area contributed by atoms with Gasteiger partial charge in [0.25, 0.3) is 5.56 Å². The maximum atomic E-state index is 11.5. The zero-order valence-electron chi connectivity index (χ0n) is 9.56. The molecule has 0 aliphatic carbocycles. The topological polar surface area (TPSA) is 119 Å². The van der Waals surface area contributed by atoms with Gasteiger partial charge in [-0.05, 0) is 6.92 Å².